The van der Waals surface area contributed by atoms with E-state index in [2.05, 4.69) is 26.2 Å². The standard InChI is InChI=1S/C13H16N6O2/c1-13(7-14-8-13)21-6-12(20)16-10-3-2-4-11(5-10)19-9-15-17-18-19/h2-5,9,14H,6-8H2,1H3,(H,16,20). The van der Waals surface area contributed by atoms with Crippen LogP contribution >= 0.6 is 0 Å². The first kappa shape index (κ1) is 13.7. The number of nitrogens with zero attached hydrogens (tertiary/aromatic N) is 4. The maximum atomic E-state index is 11.9. The number of hydrogen-bond donors (Lipinski definition) is 2. The van der Waals surface area contributed by atoms with Crippen LogP contribution in [0.15, 0.2) is 30.6 Å². The number of rotatable bonds is 5. The number of nitrogens with one attached hydrogen (secondary N) is 2. The number of ether oxygens (including phenoxy) is 1. The summed E-state index contributed by atoms with van der Waals surface area (Å²) in [6.45, 7) is 3.56. The summed E-state index contributed by atoms with van der Waals surface area (Å²) in [5.74, 6) is -0.183. The van der Waals surface area contributed by atoms with E-state index >= 15 is 0 Å². The summed E-state index contributed by atoms with van der Waals surface area (Å²) in [5.41, 5.74) is 1.22. The van der Waals surface area contributed by atoms with Crippen LogP contribution in [0.3, 0.4) is 0 Å². The van der Waals surface area contributed by atoms with Gasteiger partial charge in [0.2, 0.25) is 5.91 Å². The molecule has 0 radical (unpaired) electrons. The van der Waals surface area contributed by atoms with Gasteiger partial charge in [0.1, 0.15) is 12.9 Å². The average molecular weight is 288 g/mol. The predicted molar refractivity (Wildman–Crippen MR) is 75.0 cm³/mol. The Hall–Kier alpha value is -2.32. The van der Waals surface area contributed by atoms with Gasteiger partial charge in [-0.1, -0.05) is 6.07 Å². The normalized spacial score (nSPS) is 16.2. The van der Waals surface area contributed by atoms with E-state index in [1.54, 1.807) is 12.1 Å². The fourth-order valence-electron chi connectivity index (χ4n) is 2.02. The zero-order valence-electron chi connectivity index (χ0n) is 11.6. The number of amides is 1. The Bertz CT molecular complexity index is 623. The van der Waals surface area contributed by atoms with E-state index in [-0.39, 0.29) is 18.1 Å². The summed E-state index contributed by atoms with van der Waals surface area (Å²) in [6.07, 6.45) is 1.49. The van der Waals surface area contributed by atoms with Crippen LogP contribution in [0.4, 0.5) is 5.69 Å². The van der Waals surface area contributed by atoms with Crippen LogP contribution in [0, 0.1) is 0 Å². The maximum absolute atomic E-state index is 11.9. The van der Waals surface area contributed by atoms with Crippen molar-refractivity contribution in [2.45, 2.75) is 12.5 Å². The van der Waals surface area contributed by atoms with Crippen molar-refractivity contribution in [1.29, 1.82) is 0 Å². The van der Waals surface area contributed by atoms with Crippen molar-refractivity contribution in [1.82, 2.24) is 25.5 Å². The van der Waals surface area contributed by atoms with Crippen LogP contribution in [-0.4, -0.2) is 51.4 Å². The van der Waals surface area contributed by atoms with E-state index in [0.29, 0.717) is 5.69 Å². The fourth-order valence-corrected chi connectivity index (χ4v) is 2.02. The molecule has 3 rings (SSSR count). The predicted octanol–water partition coefficient (Wildman–Crippen LogP) is -0.0207. The Balaban J connectivity index is 1.59. The highest BCUT2D eigenvalue weighted by atomic mass is 16.5. The molecule has 1 amide bonds. The molecular formula is C13H16N6O2. The third-order valence-corrected chi connectivity index (χ3v) is 3.29. The van der Waals surface area contributed by atoms with Crippen molar-refractivity contribution >= 4 is 11.6 Å². The highest BCUT2D eigenvalue weighted by Crippen LogP contribution is 2.16. The van der Waals surface area contributed by atoms with Crippen LogP contribution < -0.4 is 10.6 Å². The second-order valence-electron chi connectivity index (χ2n) is 5.20. The Labute approximate surface area is 121 Å². The molecule has 0 saturated carbocycles. The second-order valence-corrected chi connectivity index (χ2v) is 5.20. The summed E-state index contributed by atoms with van der Waals surface area (Å²) in [5, 5.41) is 16.9. The van der Waals surface area contributed by atoms with E-state index in [1.165, 1.54) is 11.0 Å². The fraction of sp³-hybridized carbons (Fsp3) is 0.385. The molecule has 0 unspecified atom stereocenters. The van der Waals surface area contributed by atoms with E-state index < -0.39 is 0 Å². The van der Waals surface area contributed by atoms with Gasteiger partial charge in [0.25, 0.3) is 0 Å². The lowest BCUT2D eigenvalue weighted by Crippen LogP contribution is -2.59. The third-order valence-electron chi connectivity index (χ3n) is 3.29. The molecular weight excluding hydrogens is 272 g/mol. The average Bonchev–Trinajstić information content (AvgIpc) is 2.97. The molecule has 1 fully saturated rings. The number of benzene rings is 1. The molecule has 8 heteroatoms. The van der Waals surface area contributed by atoms with Gasteiger partial charge < -0.3 is 15.4 Å². The molecule has 1 aliphatic heterocycles. The molecule has 0 bridgehead atoms. The van der Waals surface area contributed by atoms with Crippen molar-refractivity contribution in [3.8, 4) is 5.69 Å². The summed E-state index contributed by atoms with van der Waals surface area (Å²) in [6, 6.07) is 7.27. The molecule has 21 heavy (non-hydrogen) atoms. The van der Waals surface area contributed by atoms with E-state index in [1.807, 2.05) is 19.1 Å². The van der Waals surface area contributed by atoms with E-state index in [4.69, 9.17) is 4.74 Å². The lowest BCUT2D eigenvalue weighted by Gasteiger charge is -2.38. The third kappa shape index (κ3) is 3.23. The number of hydrogen-bond acceptors (Lipinski definition) is 6. The van der Waals surface area contributed by atoms with Gasteiger partial charge in [0.05, 0.1) is 11.3 Å². The zero-order valence-corrected chi connectivity index (χ0v) is 11.6. The van der Waals surface area contributed by atoms with Gasteiger partial charge in [-0.3, -0.25) is 4.79 Å². The zero-order chi connectivity index (χ0) is 14.7. The Morgan fingerprint density at radius 1 is 1.52 bits per heavy atom. The number of carbonyl (C=O) groups is 1. The first-order valence-electron chi connectivity index (χ1n) is 6.63. The van der Waals surface area contributed by atoms with Crippen molar-refractivity contribution in [3.05, 3.63) is 30.6 Å². The lowest BCUT2D eigenvalue weighted by atomic mass is 10.0. The Morgan fingerprint density at radius 2 is 2.38 bits per heavy atom. The van der Waals surface area contributed by atoms with Gasteiger partial charge in [-0.2, -0.15) is 0 Å². The second kappa shape index (κ2) is 5.58. The highest BCUT2D eigenvalue weighted by molar-refractivity contribution is 5.92. The molecule has 110 valence electrons. The molecule has 2 heterocycles. The molecule has 0 aliphatic carbocycles. The molecule has 1 aliphatic rings. The summed E-state index contributed by atoms with van der Waals surface area (Å²) < 4.78 is 7.11. The van der Waals surface area contributed by atoms with Gasteiger partial charge in [-0.25, -0.2) is 4.68 Å². The minimum Gasteiger partial charge on any atom is -0.363 e. The van der Waals surface area contributed by atoms with Gasteiger partial charge in [0, 0.05) is 18.8 Å². The SMILES string of the molecule is CC1(OCC(=O)Nc2cccc(-n3cnnn3)c2)CNC1. The molecule has 0 atom stereocenters. The molecule has 1 aromatic carbocycles. The van der Waals surface area contributed by atoms with Crippen LogP contribution in [-0.2, 0) is 9.53 Å². The Morgan fingerprint density at radius 3 is 3.05 bits per heavy atom. The van der Waals surface area contributed by atoms with Crippen LogP contribution in [0.1, 0.15) is 6.92 Å². The first-order chi connectivity index (χ1) is 10.1. The van der Waals surface area contributed by atoms with Gasteiger partial charge in [0.15, 0.2) is 0 Å². The number of carbonyl (C=O) groups excluding carboxylic acids is 1. The van der Waals surface area contributed by atoms with Gasteiger partial charge in [-0.05, 0) is 35.5 Å². The molecule has 1 saturated heterocycles. The topological polar surface area (TPSA) is 94.0 Å². The summed E-state index contributed by atoms with van der Waals surface area (Å²) >= 11 is 0. The first-order valence-corrected chi connectivity index (χ1v) is 6.63. The van der Waals surface area contributed by atoms with E-state index in [9.17, 15) is 4.79 Å². The highest BCUT2D eigenvalue weighted by Gasteiger charge is 2.32. The molecule has 2 aromatic rings. The molecule has 8 nitrogen and oxygen atoms in total. The van der Waals surface area contributed by atoms with E-state index in [0.717, 1.165) is 18.8 Å². The van der Waals surface area contributed by atoms with Gasteiger partial charge in [-0.15, -0.1) is 5.10 Å². The van der Waals surface area contributed by atoms with Crippen LogP contribution in [0.5, 0.6) is 0 Å². The van der Waals surface area contributed by atoms with Crippen molar-refractivity contribution in [3.63, 3.8) is 0 Å². The lowest BCUT2D eigenvalue weighted by molar-refractivity contribution is -0.130. The largest absolute Gasteiger partial charge is 0.363 e. The smallest absolute Gasteiger partial charge is 0.250 e. The van der Waals surface area contributed by atoms with Crippen LogP contribution in [0.25, 0.3) is 5.69 Å². The van der Waals surface area contributed by atoms with Crippen molar-refractivity contribution < 1.29 is 9.53 Å². The maximum Gasteiger partial charge on any atom is 0.250 e. The van der Waals surface area contributed by atoms with Crippen molar-refractivity contribution in [2.24, 2.45) is 0 Å². The van der Waals surface area contributed by atoms with Crippen LogP contribution in [0.2, 0.25) is 0 Å². The number of aromatic nitrogens is 4. The monoisotopic (exact) mass is 288 g/mol. The molecule has 2 N–H and O–H groups in total. The summed E-state index contributed by atoms with van der Waals surface area (Å²) in [4.78, 5) is 11.9. The Kier molecular flexibility index (Phi) is 3.63. The van der Waals surface area contributed by atoms with Gasteiger partial charge >= 0.3 is 0 Å². The molecule has 0 spiro atoms. The van der Waals surface area contributed by atoms with Crippen molar-refractivity contribution in [2.75, 3.05) is 25.0 Å². The minimum absolute atomic E-state index is 0.0350. The summed E-state index contributed by atoms with van der Waals surface area (Å²) in [7, 11) is 0. The minimum atomic E-state index is -0.231. The quantitative estimate of drug-likeness (QED) is 0.803. The number of tetrazole rings is 1. The molecule has 1 aromatic heterocycles. The number of anilines is 1.